The standard InChI is InChI=1S/C14H12ClF2NO/c15-10-2-1-9(5-6-18)13(7-10)19-14-8-11(16)3-4-12(14)17/h1-4,7-8H,5-6,18H2. The third kappa shape index (κ3) is 3.43. The summed E-state index contributed by atoms with van der Waals surface area (Å²) < 4.78 is 32.0. The van der Waals surface area contributed by atoms with Gasteiger partial charge in [-0.1, -0.05) is 17.7 Å². The van der Waals surface area contributed by atoms with Gasteiger partial charge in [0, 0.05) is 11.1 Å². The SMILES string of the molecule is NCCc1ccc(Cl)cc1Oc1cc(F)ccc1F. The average molecular weight is 284 g/mol. The summed E-state index contributed by atoms with van der Waals surface area (Å²) >= 11 is 5.88. The van der Waals surface area contributed by atoms with Crippen molar-refractivity contribution in [2.75, 3.05) is 6.54 Å². The van der Waals surface area contributed by atoms with E-state index in [-0.39, 0.29) is 5.75 Å². The predicted molar refractivity (Wildman–Crippen MR) is 70.6 cm³/mol. The predicted octanol–water partition coefficient (Wildman–Crippen LogP) is 3.91. The maximum absolute atomic E-state index is 13.5. The van der Waals surface area contributed by atoms with E-state index in [9.17, 15) is 8.78 Å². The van der Waals surface area contributed by atoms with Crippen molar-refractivity contribution in [2.45, 2.75) is 6.42 Å². The highest BCUT2D eigenvalue weighted by Gasteiger charge is 2.10. The normalized spacial score (nSPS) is 10.5. The Morgan fingerprint density at radius 3 is 2.58 bits per heavy atom. The van der Waals surface area contributed by atoms with Crippen LogP contribution in [-0.4, -0.2) is 6.54 Å². The molecule has 0 spiro atoms. The lowest BCUT2D eigenvalue weighted by Crippen LogP contribution is -2.04. The van der Waals surface area contributed by atoms with Crippen LogP contribution < -0.4 is 10.5 Å². The van der Waals surface area contributed by atoms with E-state index in [0.717, 1.165) is 23.8 Å². The number of ether oxygens (including phenoxy) is 1. The summed E-state index contributed by atoms with van der Waals surface area (Å²) in [7, 11) is 0. The Morgan fingerprint density at radius 2 is 1.84 bits per heavy atom. The molecule has 0 fully saturated rings. The first-order chi connectivity index (χ1) is 9.10. The van der Waals surface area contributed by atoms with Gasteiger partial charge in [-0.05, 0) is 42.8 Å². The summed E-state index contributed by atoms with van der Waals surface area (Å²) in [5, 5.41) is 0.451. The minimum absolute atomic E-state index is 0.180. The molecule has 0 bridgehead atoms. The number of benzene rings is 2. The fraction of sp³-hybridized carbons (Fsp3) is 0.143. The second-order valence-electron chi connectivity index (χ2n) is 3.97. The van der Waals surface area contributed by atoms with E-state index in [1.54, 1.807) is 18.2 Å². The molecule has 2 rings (SSSR count). The van der Waals surface area contributed by atoms with Crippen LogP contribution in [0.15, 0.2) is 36.4 Å². The first-order valence-corrected chi connectivity index (χ1v) is 6.09. The van der Waals surface area contributed by atoms with E-state index in [1.165, 1.54) is 0 Å². The smallest absolute Gasteiger partial charge is 0.165 e. The van der Waals surface area contributed by atoms with Crippen LogP contribution in [-0.2, 0) is 6.42 Å². The van der Waals surface area contributed by atoms with Gasteiger partial charge in [-0.2, -0.15) is 0 Å². The van der Waals surface area contributed by atoms with Gasteiger partial charge in [0.25, 0.3) is 0 Å². The first-order valence-electron chi connectivity index (χ1n) is 5.71. The monoisotopic (exact) mass is 283 g/mol. The number of hydrogen-bond acceptors (Lipinski definition) is 2. The molecule has 2 aromatic rings. The summed E-state index contributed by atoms with van der Waals surface area (Å²) in [5.41, 5.74) is 6.28. The molecule has 19 heavy (non-hydrogen) atoms. The van der Waals surface area contributed by atoms with Crippen molar-refractivity contribution in [1.29, 1.82) is 0 Å². The lowest BCUT2D eigenvalue weighted by molar-refractivity contribution is 0.432. The molecule has 0 aliphatic carbocycles. The van der Waals surface area contributed by atoms with Crippen molar-refractivity contribution in [2.24, 2.45) is 5.73 Å². The topological polar surface area (TPSA) is 35.2 Å². The zero-order valence-electron chi connectivity index (χ0n) is 10.00. The number of nitrogens with two attached hydrogens (primary N) is 1. The van der Waals surface area contributed by atoms with Crippen molar-refractivity contribution in [3.8, 4) is 11.5 Å². The third-order valence-electron chi connectivity index (χ3n) is 2.56. The molecule has 0 heterocycles. The maximum Gasteiger partial charge on any atom is 0.165 e. The van der Waals surface area contributed by atoms with Crippen LogP contribution in [0.3, 0.4) is 0 Å². The molecule has 2 nitrogen and oxygen atoms in total. The molecule has 100 valence electrons. The molecule has 0 amide bonds. The summed E-state index contributed by atoms with van der Waals surface area (Å²) in [6.45, 7) is 0.420. The van der Waals surface area contributed by atoms with Crippen molar-refractivity contribution in [3.63, 3.8) is 0 Å². The highest BCUT2D eigenvalue weighted by molar-refractivity contribution is 6.30. The molecular weight excluding hydrogens is 272 g/mol. The summed E-state index contributed by atoms with van der Waals surface area (Å²) in [4.78, 5) is 0. The Morgan fingerprint density at radius 1 is 1.05 bits per heavy atom. The Bertz CT molecular complexity index is 590. The largest absolute Gasteiger partial charge is 0.454 e. The highest BCUT2D eigenvalue weighted by Crippen LogP contribution is 2.30. The number of rotatable bonds is 4. The fourth-order valence-corrected chi connectivity index (χ4v) is 1.82. The van der Waals surface area contributed by atoms with Gasteiger partial charge in [0.05, 0.1) is 0 Å². The van der Waals surface area contributed by atoms with E-state index < -0.39 is 11.6 Å². The van der Waals surface area contributed by atoms with Gasteiger partial charge in [-0.25, -0.2) is 8.78 Å². The minimum atomic E-state index is -0.639. The van der Waals surface area contributed by atoms with Crippen molar-refractivity contribution in [3.05, 3.63) is 58.6 Å². The molecule has 5 heteroatoms. The van der Waals surface area contributed by atoms with Crippen molar-refractivity contribution in [1.82, 2.24) is 0 Å². The van der Waals surface area contributed by atoms with E-state index in [4.69, 9.17) is 22.1 Å². The van der Waals surface area contributed by atoms with Crippen molar-refractivity contribution < 1.29 is 13.5 Å². The summed E-state index contributed by atoms with van der Waals surface area (Å²) in [5.74, 6) is -1.01. The lowest BCUT2D eigenvalue weighted by atomic mass is 10.1. The zero-order chi connectivity index (χ0) is 13.8. The van der Waals surface area contributed by atoms with Gasteiger partial charge < -0.3 is 10.5 Å². The molecular formula is C14H12ClF2NO. The van der Waals surface area contributed by atoms with Gasteiger partial charge in [-0.3, -0.25) is 0 Å². The van der Waals surface area contributed by atoms with Crippen LogP contribution >= 0.6 is 11.6 Å². The fourth-order valence-electron chi connectivity index (χ4n) is 1.66. The Kier molecular flexibility index (Phi) is 4.35. The quantitative estimate of drug-likeness (QED) is 0.923. The van der Waals surface area contributed by atoms with E-state index in [2.05, 4.69) is 0 Å². The molecule has 0 aromatic heterocycles. The van der Waals surface area contributed by atoms with E-state index in [1.807, 2.05) is 0 Å². The maximum atomic E-state index is 13.5. The lowest BCUT2D eigenvalue weighted by Gasteiger charge is -2.11. The molecule has 0 unspecified atom stereocenters. The van der Waals surface area contributed by atoms with Gasteiger partial charge >= 0.3 is 0 Å². The van der Waals surface area contributed by atoms with E-state index >= 15 is 0 Å². The third-order valence-corrected chi connectivity index (χ3v) is 2.79. The average Bonchev–Trinajstić information content (AvgIpc) is 2.37. The Labute approximate surface area is 114 Å². The van der Waals surface area contributed by atoms with Crippen LogP contribution in [0.25, 0.3) is 0 Å². The Balaban J connectivity index is 2.36. The zero-order valence-corrected chi connectivity index (χ0v) is 10.8. The highest BCUT2D eigenvalue weighted by atomic mass is 35.5. The Hall–Kier alpha value is -1.65. The molecule has 0 saturated carbocycles. The molecule has 2 aromatic carbocycles. The molecule has 0 aliphatic rings. The van der Waals surface area contributed by atoms with E-state index in [0.29, 0.717) is 23.7 Å². The van der Waals surface area contributed by atoms with Gasteiger partial charge in [0.2, 0.25) is 0 Å². The second kappa shape index (κ2) is 5.99. The summed E-state index contributed by atoms with van der Waals surface area (Å²) in [6.07, 6.45) is 0.559. The van der Waals surface area contributed by atoms with Crippen LogP contribution in [0.1, 0.15) is 5.56 Å². The molecule has 0 radical (unpaired) electrons. The van der Waals surface area contributed by atoms with Crippen LogP contribution in [0, 0.1) is 11.6 Å². The minimum Gasteiger partial charge on any atom is -0.454 e. The second-order valence-corrected chi connectivity index (χ2v) is 4.40. The molecule has 2 N–H and O–H groups in total. The van der Waals surface area contributed by atoms with Gasteiger partial charge in [0.1, 0.15) is 11.6 Å². The number of halogens is 3. The summed E-state index contributed by atoms with van der Waals surface area (Å²) in [6, 6.07) is 8.03. The molecule has 0 atom stereocenters. The number of hydrogen-bond donors (Lipinski definition) is 1. The van der Waals surface area contributed by atoms with Gasteiger partial charge in [-0.15, -0.1) is 0 Å². The molecule has 0 saturated heterocycles. The molecule has 0 aliphatic heterocycles. The van der Waals surface area contributed by atoms with Crippen LogP contribution in [0.4, 0.5) is 8.78 Å². The van der Waals surface area contributed by atoms with Crippen LogP contribution in [0.5, 0.6) is 11.5 Å². The van der Waals surface area contributed by atoms with Crippen LogP contribution in [0.2, 0.25) is 5.02 Å². The first kappa shape index (κ1) is 13.8. The van der Waals surface area contributed by atoms with Crippen molar-refractivity contribution >= 4 is 11.6 Å². The van der Waals surface area contributed by atoms with Gasteiger partial charge in [0.15, 0.2) is 11.6 Å².